The number of carboxylic acid groups (broad SMARTS) is 1. The molecule has 3 N–H and O–H groups in total. The number of allylic oxidation sites excluding steroid dienone is 1. The van der Waals surface area contributed by atoms with E-state index in [1.807, 2.05) is 24.3 Å². The Morgan fingerprint density at radius 1 is 1.10 bits per heavy atom. The van der Waals surface area contributed by atoms with Crippen molar-refractivity contribution in [1.82, 2.24) is 9.55 Å². The summed E-state index contributed by atoms with van der Waals surface area (Å²) in [6, 6.07) is 12.7. The van der Waals surface area contributed by atoms with E-state index in [9.17, 15) is 19.5 Å². The summed E-state index contributed by atoms with van der Waals surface area (Å²) in [5, 5.41) is 19.7. The van der Waals surface area contributed by atoms with Crippen molar-refractivity contribution in [3.05, 3.63) is 86.1 Å². The molecule has 0 radical (unpaired) electrons. The normalized spacial score (nSPS) is 14.0. The summed E-state index contributed by atoms with van der Waals surface area (Å²) in [6.45, 7) is 1.79. The smallest absolute Gasteiger partial charge is 0.335 e. The average molecular weight is 389 g/mol. The molecule has 3 aromatic rings. The number of nitrogens with one attached hydrogen (secondary N) is 1. The summed E-state index contributed by atoms with van der Waals surface area (Å²) in [4.78, 5) is 42.4. The Hall–Kier alpha value is -4.20. The molecule has 0 bridgehead atoms. The van der Waals surface area contributed by atoms with Gasteiger partial charge in [0.2, 0.25) is 5.88 Å². The molecule has 2 heterocycles. The van der Waals surface area contributed by atoms with Gasteiger partial charge in [-0.15, -0.1) is 0 Å². The zero-order valence-electron chi connectivity index (χ0n) is 15.2. The van der Waals surface area contributed by atoms with Crippen LogP contribution in [0.3, 0.4) is 0 Å². The van der Waals surface area contributed by atoms with Crippen LogP contribution in [0.25, 0.3) is 17.3 Å². The van der Waals surface area contributed by atoms with Gasteiger partial charge in [-0.05, 0) is 43.3 Å². The number of aromatic carboxylic acids is 1. The van der Waals surface area contributed by atoms with Gasteiger partial charge in [-0.2, -0.15) is 0 Å². The maximum atomic E-state index is 12.4. The fourth-order valence-corrected chi connectivity index (χ4v) is 3.22. The molecular weight excluding hydrogens is 374 g/mol. The summed E-state index contributed by atoms with van der Waals surface area (Å²) >= 11 is 0. The molecule has 144 valence electrons. The minimum Gasteiger partial charge on any atom is -0.494 e. The van der Waals surface area contributed by atoms with E-state index < -0.39 is 23.1 Å². The lowest BCUT2D eigenvalue weighted by atomic mass is 10.0. The Kier molecular flexibility index (Phi) is 4.23. The number of benzene rings is 2. The van der Waals surface area contributed by atoms with Crippen LogP contribution >= 0.6 is 0 Å². The van der Waals surface area contributed by atoms with E-state index in [0.717, 1.165) is 15.8 Å². The number of hydrogen-bond acceptors (Lipinski definition) is 5. The highest BCUT2D eigenvalue weighted by Gasteiger charge is 2.20. The molecule has 1 aliphatic rings. The fraction of sp³-hybridized carbons (Fsp3) is 0.0476. The highest BCUT2D eigenvalue weighted by Crippen LogP contribution is 2.36. The molecule has 8 nitrogen and oxygen atoms in total. The van der Waals surface area contributed by atoms with E-state index in [0.29, 0.717) is 11.3 Å². The van der Waals surface area contributed by atoms with Crippen LogP contribution in [-0.2, 0) is 0 Å². The number of aromatic hydroxyl groups is 1. The average Bonchev–Trinajstić information content (AvgIpc) is 3.00. The number of aromatic nitrogens is 2. The van der Waals surface area contributed by atoms with Crippen LogP contribution in [0.4, 0.5) is 5.69 Å². The van der Waals surface area contributed by atoms with Gasteiger partial charge in [0.1, 0.15) is 5.56 Å². The lowest BCUT2D eigenvalue weighted by Gasteiger charge is -2.11. The van der Waals surface area contributed by atoms with Crippen LogP contribution in [0.1, 0.15) is 28.4 Å². The van der Waals surface area contributed by atoms with Gasteiger partial charge in [-0.1, -0.05) is 18.2 Å². The monoisotopic (exact) mass is 389 g/mol. The van der Waals surface area contributed by atoms with Crippen LogP contribution in [0.2, 0.25) is 0 Å². The molecule has 0 saturated carbocycles. The van der Waals surface area contributed by atoms with Crippen molar-refractivity contribution in [3.63, 3.8) is 0 Å². The van der Waals surface area contributed by atoms with Gasteiger partial charge in [0.25, 0.3) is 5.56 Å². The molecule has 0 unspecified atom stereocenters. The number of aliphatic imine (C=N–C) groups is 1. The van der Waals surface area contributed by atoms with Gasteiger partial charge in [-0.3, -0.25) is 14.8 Å². The molecule has 29 heavy (non-hydrogen) atoms. The number of nitrogens with zero attached hydrogens (tertiary/aromatic N) is 2. The Balaban J connectivity index is 1.90. The van der Waals surface area contributed by atoms with E-state index in [2.05, 4.69) is 9.98 Å². The van der Waals surface area contributed by atoms with E-state index in [4.69, 9.17) is 5.11 Å². The van der Waals surface area contributed by atoms with E-state index in [1.54, 1.807) is 6.92 Å². The van der Waals surface area contributed by atoms with Gasteiger partial charge >= 0.3 is 11.7 Å². The number of rotatable bonds is 3. The topological polar surface area (TPSA) is 125 Å². The SMILES string of the molecule is CC1=Nc2ccccc2/C1=C\c1c(O)n(-c2ccc(C(=O)O)cc2)c(=O)[nH]c1=O. The molecule has 0 aliphatic carbocycles. The lowest BCUT2D eigenvalue weighted by Crippen LogP contribution is -2.30. The minimum absolute atomic E-state index is 0.0300. The van der Waals surface area contributed by atoms with Crippen molar-refractivity contribution in [3.8, 4) is 11.6 Å². The molecule has 1 aliphatic heterocycles. The first-order chi connectivity index (χ1) is 13.9. The number of carboxylic acids is 1. The Morgan fingerprint density at radius 3 is 2.48 bits per heavy atom. The standard InChI is InChI=1S/C21H15N3O5/c1-11-15(14-4-2-3-5-17(14)22-11)10-16-18(25)23-21(29)24(19(16)26)13-8-6-12(7-9-13)20(27)28/h2-10,26H,1H3,(H,27,28)(H,23,25,29)/b15-10-. The molecular formula is C21H15N3O5. The summed E-state index contributed by atoms with van der Waals surface area (Å²) in [6.07, 6.45) is 1.49. The number of fused-ring (bicyclic) bond motifs is 1. The lowest BCUT2D eigenvalue weighted by molar-refractivity contribution is 0.0697. The molecule has 0 fully saturated rings. The van der Waals surface area contributed by atoms with Crippen LogP contribution in [-0.4, -0.2) is 31.4 Å². The van der Waals surface area contributed by atoms with E-state index >= 15 is 0 Å². The molecule has 0 spiro atoms. The van der Waals surface area contributed by atoms with Crippen molar-refractivity contribution >= 4 is 29.0 Å². The van der Waals surface area contributed by atoms with Gasteiger partial charge in [0.15, 0.2) is 0 Å². The van der Waals surface area contributed by atoms with Gasteiger partial charge in [0, 0.05) is 16.8 Å². The Morgan fingerprint density at radius 2 is 1.79 bits per heavy atom. The Labute approximate surface area is 163 Å². The third-order valence-electron chi connectivity index (χ3n) is 4.65. The van der Waals surface area contributed by atoms with E-state index in [-0.39, 0.29) is 16.8 Å². The second-order valence-corrected chi connectivity index (χ2v) is 6.46. The first-order valence-electron chi connectivity index (χ1n) is 8.65. The zero-order chi connectivity index (χ0) is 20.7. The van der Waals surface area contributed by atoms with Gasteiger partial charge in [0.05, 0.1) is 16.9 Å². The Bertz CT molecular complexity index is 1330. The van der Waals surface area contributed by atoms with Gasteiger partial charge in [-0.25, -0.2) is 14.2 Å². The maximum absolute atomic E-state index is 12.4. The number of carbonyl (C=O) groups is 1. The summed E-state index contributed by atoms with van der Waals surface area (Å²) in [7, 11) is 0. The van der Waals surface area contributed by atoms with Crippen LogP contribution in [0.5, 0.6) is 5.88 Å². The van der Waals surface area contributed by atoms with Crippen molar-refractivity contribution in [2.45, 2.75) is 6.92 Å². The molecule has 4 rings (SSSR count). The second kappa shape index (κ2) is 6.75. The first kappa shape index (κ1) is 18.2. The predicted octanol–water partition coefficient (Wildman–Crippen LogP) is 2.58. The maximum Gasteiger partial charge on any atom is 0.335 e. The fourth-order valence-electron chi connectivity index (χ4n) is 3.22. The molecule has 0 amide bonds. The van der Waals surface area contributed by atoms with Crippen molar-refractivity contribution < 1.29 is 15.0 Å². The van der Waals surface area contributed by atoms with Crippen molar-refractivity contribution in [2.75, 3.05) is 0 Å². The number of aromatic amines is 1. The van der Waals surface area contributed by atoms with E-state index in [1.165, 1.54) is 30.3 Å². The largest absolute Gasteiger partial charge is 0.494 e. The first-order valence-corrected chi connectivity index (χ1v) is 8.65. The molecule has 0 saturated heterocycles. The number of hydrogen-bond donors (Lipinski definition) is 3. The van der Waals surface area contributed by atoms with Crippen molar-refractivity contribution in [1.29, 1.82) is 0 Å². The minimum atomic E-state index is -1.12. The molecule has 0 atom stereocenters. The summed E-state index contributed by atoms with van der Waals surface area (Å²) < 4.78 is 0.909. The highest BCUT2D eigenvalue weighted by molar-refractivity contribution is 6.31. The molecule has 1 aromatic heterocycles. The number of H-pyrrole nitrogens is 1. The molecule has 8 heteroatoms. The predicted molar refractivity (Wildman–Crippen MR) is 108 cm³/mol. The summed E-state index contributed by atoms with van der Waals surface area (Å²) in [5.74, 6) is -1.67. The van der Waals surface area contributed by atoms with Crippen LogP contribution < -0.4 is 11.2 Å². The number of para-hydroxylation sites is 1. The van der Waals surface area contributed by atoms with Crippen LogP contribution in [0.15, 0.2) is 63.1 Å². The summed E-state index contributed by atoms with van der Waals surface area (Å²) in [5.41, 5.74) is 1.46. The zero-order valence-corrected chi connectivity index (χ0v) is 15.2. The highest BCUT2D eigenvalue weighted by atomic mass is 16.4. The van der Waals surface area contributed by atoms with Crippen LogP contribution in [0, 0.1) is 0 Å². The third kappa shape index (κ3) is 3.06. The third-order valence-corrected chi connectivity index (χ3v) is 4.65. The quantitative estimate of drug-likeness (QED) is 0.635. The van der Waals surface area contributed by atoms with Gasteiger partial charge < -0.3 is 10.2 Å². The second-order valence-electron chi connectivity index (χ2n) is 6.46. The van der Waals surface area contributed by atoms with Crippen molar-refractivity contribution in [2.24, 2.45) is 4.99 Å². The molecule has 2 aromatic carbocycles.